The van der Waals surface area contributed by atoms with Crippen molar-refractivity contribution in [3.63, 3.8) is 0 Å². The average Bonchev–Trinajstić information content (AvgIpc) is 2.76. The Kier molecular flexibility index (Phi) is 6.24. The van der Waals surface area contributed by atoms with Gasteiger partial charge in [0.05, 0.1) is 12.2 Å². The van der Waals surface area contributed by atoms with Gasteiger partial charge < -0.3 is 60.2 Å². The van der Waals surface area contributed by atoms with E-state index in [-0.39, 0.29) is 22.6 Å². The Morgan fingerprint density at radius 1 is 0.818 bits per heavy atom. The molecule has 0 spiro atoms. The van der Waals surface area contributed by atoms with E-state index in [0.717, 1.165) is 18.2 Å². The predicted molar refractivity (Wildman–Crippen MR) is 107 cm³/mol. The van der Waals surface area contributed by atoms with Gasteiger partial charge in [-0.1, -0.05) is 6.07 Å². The molecule has 33 heavy (non-hydrogen) atoms. The Labute approximate surface area is 186 Å². The fraction of sp³-hybridized carbons (Fsp3) is 0.429. The Morgan fingerprint density at radius 3 is 2.21 bits per heavy atom. The molecule has 0 amide bonds. The van der Waals surface area contributed by atoms with E-state index < -0.39 is 72.9 Å². The summed E-state index contributed by atoms with van der Waals surface area (Å²) >= 11 is 0. The van der Waals surface area contributed by atoms with Crippen molar-refractivity contribution in [2.45, 2.75) is 49.0 Å². The minimum atomic E-state index is -1.78. The first-order chi connectivity index (χ1) is 15.6. The van der Waals surface area contributed by atoms with Gasteiger partial charge in [0.15, 0.2) is 23.9 Å². The molecule has 2 aromatic carbocycles. The van der Waals surface area contributed by atoms with Gasteiger partial charge in [0.2, 0.25) is 0 Å². The number of aliphatic hydroxyl groups is 5. The monoisotopic (exact) mass is 468 g/mol. The van der Waals surface area contributed by atoms with Crippen molar-refractivity contribution in [1.29, 1.82) is 0 Å². The van der Waals surface area contributed by atoms with Gasteiger partial charge in [-0.25, -0.2) is 0 Å². The van der Waals surface area contributed by atoms with Crippen molar-refractivity contribution in [3.05, 3.63) is 41.5 Å². The Hall–Kier alpha value is -2.84. The molecule has 1 saturated heterocycles. The van der Waals surface area contributed by atoms with Gasteiger partial charge in [-0.3, -0.25) is 0 Å². The van der Waals surface area contributed by atoms with Crippen LogP contribution in [0.4, 0.5) is 0 Å². The zero-order valence-corrected chi connectivity index (χ0v) is 17.0. The smallest absolute Gasteiger partial charge is 0.187 e. The van der Waals surface area contributed by atoms with E-state index >= 15 is 0 Å². The summed E-state index contributed by atoms with van der Waals surface area (Å²) in [6, 6.07) is 5.80. The van der Waals surface area contributed by atoms with Crippen molar-refractivity contribution in [1.82, 2.24) is 0 Å². The van der Waals surface area contributed by atoms with Crippen molar-refractivity contribution in [3.8, 4) is 28.7 Å². The molecule has 180 valence electrons. The number of hydrogen-bond acceptors (Lipinski definition) is 12. The van der Waals surface area contributed by atoms with Crippen LogP contribution >= 0.6 is 0 Å². The van der Waals surface area contributed by atoms with E-state index in [1.54, 1.807) is 0 Å². The number of rotatable bonds is 4. The van der Waals surface area contributed by atoms with Crippen LogP contribution in [0.2, 0.25) is 0 Å². The molecule has 2 aliphatic heterocycles. The summed E-state index contributed by atoms with van der Waals surface area (Å²) in [7, 11) is 0. The van der Waals surface area contributed by atoms with Gasteiger partial charge in [-0.05, 0) is 17.7 Å². The molecule has 0 radical (unpaired) electrons. The summed E-state index contributed by atoms with van der Waals surface area (Å²) in [5.74, 6) is -1.86. The summed E-state index contributed by atoms with van der Waals surface area (Å²) in [5, 5.41) is 90.4. The van der Waals surface area contributed by atoms with Gasteiger partial charge in [0.25, 0.3) is 0 Å². The highest BCUT2D eigenvalue weighted by molar-refractivity contribution is 5.53. The SMILES string of the molecule is OCC1O[C@@H](O[C@H]2C(O)c3c(O)cc(O)cc3O[C@@H]2c2ccc(O)c(O)c2)C(O)C(O)[C@@H]1O. The number of phenolic OH excluding ortho intramolecular Hbond substituents is 4. The maximum absolute atomic E-state index is 11.0. The van der Waals surface area contributed by atoms with E-state index in [1.807, 2.05) is 0 Å². The number of fused-ring (bicyclic) bond motifs is 1. The lowest BCUT2D eigenvalue weighted by molar-refractivity contribution is -0.325. The van der Waals surface area contributed by atoms with E-state index in [0.29, 0.717) is 0 Å². The quantitative estimate of drug-likeness (QED) is 0.244. The van der Waals surface area contributed by atoms with Crippen LogP contribution in [0.25, 0.3) is 0 Å². The second kappa shape index (κ2) is 8.83. The standard InChI is InChI=1S/C21H24O12/c22-6-13-15(27)17(29)18(30)21(32-13)33-20-16(28)14-11(26)4-8(23)5-12(14)31-19(20)7-1-2-9(24)10(25)3-7/h1-5,13,15-30H,6H2/t13?,15-,16?,17?,18?,19-,20+,21+/m1/s1. The minimum absolute atomic E-state index is 0.0915. The van der Waals surface area contributed by atoms with E-state index in [1.165, 1.54) is 12.1 Å². The zero-order chi connectivity index (χ0) is 24.0. The summed E-state index contributed by atoms with van der Waals surface area (Å²) in [5.41, 5.74) is 0.0639. The molecule has 2 aliphatic rings. The summed E-state index contributed by atoms with van der Waals surface area (Å²) in [6.07, 6.45) is -12.3. The van der Waals surface area contributed by atoms with Gasteiger partial charge >= 0.3 is 0 Å². The molecule has 4 unspecified atom stereocenters. The van der Waals surface area contributed by atoms with Crippen molar-refractivity contribution >= 4 is 0 Å². The van der Waals surface area contributed by atoms with Crippen LogP contribution in [-0.4, -0.2) is 89.4 Å². The third kappa shape index (κ3) is 4.13. The molecule has 0 bridgehead atoms. The highest BCUT2D eigenvalue weighted by atomic mass is 16.7. The normalized spacial score (nSPS) is 33.8. The van der Waals surface area contributed by atoms with Crippen LogP contribution in [0, 0.1) is 0 Å². The molecular formula is C21H24O12. The maximum Gasteiger partial charge on any atom is 0.187 e. The number of phenols is 4. The van der Waals surface area contributed by atoms with E-state index in [9.17, 15) is 46.0 Å². The predicted octanol–water partition coefficient (Wildman–Crippen LogP) is -1.14. The van der Waals surface area contributed by atoms with Crippen LogP contribution in [0.5, 0.6) is 28.7 Å². The number of hydrogen-bond donors (Lipinski definition) is 9. The Bertz CT molecular complexity index is 1010. The molecule has 9 N–H and O–H groups in total. The molecule has 1 fully saturated rings. The van der Waals surface area contributed by atoms with Gasteiger partial charge in [-0.2, -0.15) is 0 Å². The van der Waals surface area contributed by atoms with Crippen LogP contribution in [0.3, 0.4) is 0 Å². The maximum atomic E-state index is 11.0. The Morgan fingerprint density at radius 2 is 1.55 bits per heavy atom. The van der Waals surface area contributed by atoms with Crippen LogP contribution in [-0.2, 0) is 9.47 Å². The highest BCUT2D eigenvalue weighted by Crippen LogP contribution is 2.49. The molecule has 2 heterocycles. The van der Waals surface area contributed by atoms with E-state index in [2.05, 4.69) is 0 Å². The molecule has 0 aliphatic carbocycles. The number of aliphatic hydroxyl groups excluding tert-OH is 5. The van der Waals surface area contributed by atoms with Crippen molar-refractivity contribution < 1.29 is 60.2 Å². The number of ether oxygens (including phenoxy) is 3. The van der Waals surface area contributed by atoms with E-state index in [4.69, 9.17) is 14.2 Å². The number of aromatic hydroxyl groups is 4. The fourth-order valence-corrected chi connectivity index (χ4v) is 3.98. The van der Waals surface area contributed by atoms with Crippen LogP contribution < -0.4 is 4.74 Å². The zero-order valence-electron chi connectivity index (χ0n) is 17.0. The molecule has 12 nitrogen and oxygen atoms in total. The van der Waals surface area contributed by atoms with Crippen LogP contribution in [0.15, 0.2) is 30.3 Å². The second-order valence-electron chi connectivity index (χ2n) is 7.91. The third-order valence-electron chi connectivity index (χ3n) is 5.73. The van der Waals surface area contributed by atoms with Crippen LogP contribution in [0.1, 0.15) is 23.3 Å². The molecule has 0 aromatic heterocycles. The van der Waals surface area contributed by atoms with Gasteiger partial charge in [-0.15, -0.1) is 0 Å². The minimum Gasteiger partial charge on any atom is -0.508 e. The lowest BCUT2D eigenvalue weighted by Crippen LogP contribution is -2.60. The second-order valence-corrected chi connectivity index (χ2v) is 7.91. The van der Waals surface area contributed by atoms with Crippen molar-refractivity contribution in [2.24, 2.45) is 0 Å². The molecule has 4 rings (SSSR count). The number of benzene rings is 2. The molecule has 12 heteroatoms. The molecule has 2 aromatic rings. The van der Waals surface area contributed by atoms with Gasteiger partial charge in [0.1, 0.15) is 53.9 Å². The first kappa shape index (κ1) is 23.3. The molecule has 8 atom stereocenters. The highest BCUT2D eigenvalue weighted by Gasteiger charge is 2.49. The summed E-state index contributed by atoms with van der Waals surface area (Å²) in [4.78, 5) is 0. The Balaban J connectivity index is 1.74. The lowest BCUT2D eigenvalue weighted by atomic mass is 9.90. The first-order valence-electron chi connectivity index (χ1n) is 10.0. The van der Waals surface area contributed by atoms with Crippen molar-refractivity contribution in [2.75, 3.05) is 6.61 Å². The lowest BCUT2D eigenvalue weighted by Gasteiger charge is -2.44. The summed E-state index contributed by atoms with van der Waals surface area (Å²) in [6.45, 7) is -0.702. The summed E-state index contributed by atoms with van der Waals surface area (Å²) < 4.78 is 16.9. The third-order valence-corrected chi connectivity index (χ3v) is 5.73. The first-order valence-corrected chi connectivity index (χ1v) is 10.0. The largest absolute Gasteiger partial charge is 0.508 e. The average molecular weight is 468 g/mol. The van der Waals surface area contributed by atoms with Gasteiger partial charge in [0, 0.05) is 12.1 Å². The molecule has 0 saturated carbocycles. The topological polar surface area (TPSA) is 210 Å². The fourth-order valence-electron chi connectivity index (χ4n) is 3.98. The molecular weight excluding hydrogens is 444 g/mol.